The zero-order valence-electron chi connectivity index (χ0n) is 8.07. The average molecular weight is 192 g/mol. The maximum atomic E-state index is 10.4. The van der Waals surface area contributed by atoms with E-state index in [0.717, 1.165) is 4.90 Å². The third-order valence-corrected chi connectivity index (χ3v) is 2.08. The second-order valence-electron chi connectivity index (χ2n) is 2.03. The molecule has 1 rings (SSSR count). The van der Waals surface area contributed by atoms with Crippen molar-refractivity contribution in [2.45, 2.75) is 4.90 Å². The molecule has 0 atom stereocenters. The summed E-state index contributed by atoms with van der Waals surface area (Å²) in [6.45, 7) is 0. The summed E-state index contributed by atoms with van der Waals surface area (Å²) < 4.78 is 0. The van der Waals surface area contributed by atoms with Crippen molar-refractivity contribution >= 4 is 17.7 Å². The van der Waals surface area contributed by atoms with Crippen molar-refractivity contribution in [2.24, 2.45) is 0 Å². The molecule has 1 aromatic rings. The second-order valence-corrected chi connectivity index (χ2v) is 2.91. The minimum absolute atomic E-state index is 0. The van der Waals surface area contributed by atoms with E-state index in [2.05, 4.69) is 0 Å². The van der Waals surface area contributed by atoms with E-state index in [1.165, 1.54) is 0 Å². The molecule has 0 spiro atoms. The van der Waals surface area contributed by atoms with Gasteiger partial charge >= 0.3 is 35.5 Å². The first-order chi connectivity index (χ1) is 5.24. The summed E-state index contributed by atoms with van der Waals surface area (Å²) in [5.41, 5.74) is 0.336. The summed E-state index contributed by atoms with van der Waals surface area (Å²) in [5, 5.41) is 8.54. The SMILES string of the molecule is CSc1ccc(C(=O)O)cc1.[H-].[Na+]. The fourth-order valence-electron chi connectivity index (χ4n) is 0.734. The van der Waals surface area contributed by atoms with Crippen molar-refractivity contribution < 1.29 is 40.9 Å². The number of carboxylic acid groups (broad SMARTS) is 1. The number of carboxylic acids is 1. The largest absolute Gasteiger partial charge is 1.00 e. The normalized spacial score (nSPS) is 8.75. The smallest absolute Gasteiger partial charge is 1.00 e. The molecule has 0 aliphatic heterocycles. The van der Waals surface area contributed by atoms with Gasteiger partial charge in [0.1, 0.15) is 0 Å². The standard InChI is InChI=1S/C8H8O2S.Na.H/c1-11-7-4-2-6(3-5-7)8(9)10;;/h2-5H,1H3,(H,9,10);;/q;+1;-1. The molecule has 1 N–H and O–H groups in total. The number of rotatable bonds is 2. The maximum Gasteiger partial charge on any atom is 1.00 e. The van der Waals surface area contributed by atoms with Gasteiger partial charge in [-0.2, -0.15) is 0 Å². The Kier molecular flexibility index (Phi) is 5.66. The van der Waals surface area contributed by atoms with Gasteiger partial charge in [-0.25, -0.2) is 4.79 Å². The predicted molar refractivity (Wildman–Crippen MR) is 46.3 cm³/mol. The van der Waals surface area contributed by atoms with Gasteiger partial charge in [-0.1, -0.05) is 0 Å². The molecule has 0 bridgehead atoms. The van der Waals surface area contributed by atoms with E-state index in [1.807, 2.05) is 6.26 Å². The van der Waals surface area contributed by atoms with Gasteiger partial charge in [0.15, 0.2) is 0 Å². The van der Waals surface area contributed by atoms with Gasteiger partial charge in [-0.3, -0.25) is 0 Å². The van der Waals surface area contributed by atoms with Crippen LogP contribution >= 0.6 is 11.8 Å². The van der Waals surface area contributed by atoms with Gasteiger partial charge in [0.25, 0.3) is 0 Å². The molecule has 0 saturated carbocycles. The van der Waals surface area contributed by atoms with Crippen LogP contribution in [0.25, 0.3) is 0 Å². The van der Waals surface area contributed by atoms with Gasteiger partial charge < -0.3 is 6.53 Å². The van der Waals surface area contributed by atoms with Gasteiger partial charge in [-0.15, -0.1) is 11.8 Å². The third-order valence-electron chi connectivity index (χ3n) is 1.34. The molecule has 0 saturated heterocycles. The van der Waals surface area contributed by atoms with Crippen molar-refractivity contribution in [3.8, 4) is 0 Å². The van der Waals surface area contributed by atoms with E-state index >= 15 is 0 Å². The van der Waals surface area contributed by atoms with Gasteiger partial charge in [-0.05, 0) is 30.5 Å². The topological polar surface area (TPSA) is 37.3 Å². The van der Waals surface area contributed by atoms with E-state index in [4.69, 9.17) is 5.11 Å². The fraction of sp³-hybridized carbons (Fsp3) is 0.125. The summed E-state index contributed by atoms with van der Waals surface area (Å²) in [4.78, 5) is 11.5. The van der Waals surface area contributed by atoms with Crippen molar-refractivity contribution in [2.75, 3.05) is 6.26 Å². The summed E-state index contributed by atoms with van der Waals surface area (Å²) in [7, 11) is 0. The van der Waals surface area contributed by atoms with Crippen LogP contribution in [0.2, 0.25) is 0 Å². The molecule has 0 aliphatic rings. The first-order valence-corrected chi connectivity index (χ1v) is 4.34. The van der Waals surface area contributed by atoms with Gasteiger partial charge in [0.2, 0.25) is 0 Å². The molecule has 0 radical (unpaired) electrons. The minimum atomic E-state index is -0.877. The van der Waals surface area contributed by atoms with Crippen LogP contribution in [0.15, 0.2) is 29.2 Å². The summed E-state index contributed by atoms with van der Waals surface area (Å²) in [6, 6.07) is 6.81. The van der Waals surface area contributed by atoms with Crippen molar-refractivity contribution in [3.63, 3.8) is 0 Å². The van der Waals surface area contributed by atoms with Crippen LogP contribution in [0, 0.1) is 0 Å². The zero-order valence-corrected chi connectivity index (χ0v) is 9.89. The monoisotopic (exact) mass is 192 g/mol. The Morgan fingerprint density at radius 3 is 2.25 bits per heavy atom. The first kappa shape index (κ1) is 12.0. The van der Waals surface area contributed by atoms with E-state index in [1.54, 1.807) is 36.0 Å². The number of hydrogen-bond acceptors (Lipinski definition) is 2. The maximum absolute atomic E-state index is 10.4. The van der Waals surface area contributed by atoms with Crippen LogP contribution in [0.1, 0.15) is 11.8 Å². The summed E-state index contributed by atoms with van der Waals surface area (Å²) in [5.74, 6) is -0.877. The van der Waals surface area contributed by atoms with Crippen LogP contribution in [0.5, 0.6) is 0 Å². The Hall–Kier alpha value is 0.0400. The summed E-state index contributed by atoms with van der Waals surface area (Å²) in [6.07, 6.45) is 1.95. The van der Waals surface area contributed by atoms with Crippen molar-refractivity contribution in [1.82, 2.24) is 0 Å². The Morgan fingerprint density at radius 2 is 1.92 bits per heavy atom. The molecule has 0 aliphatic carbocycles. The van der Waals surface area contributed by atoms with Crippen LogP contribution in [0.4, 0.5) is 0 Å². The van der Waals surface area contributed by atoms with Crippen molar-refractivity contribution in [1.29, 1.82) is 0 Å². The Bertz CT molecular complexity index is 263. The van der Waals surface area contributed by atoms with Gasteiger partial charge in [0.05, 0.1) is 5.56 Å². The molecule has 0 aromatic heterocycles. The number of hydrogen-bond donors (Lipinski definition) is 1. The minimum Gasteiger partial charge on any atom is -1.00 e. The molecule has 0 heterocycles. The quantitative estimate of drug-likeness (QED) is 0.493. The zero-order chi connectivity index (χ0) is 8.27. The number of thioether (sulfide) groups is 1. The summed E-state index contributed by atoms with van der Waals surface area (Å²) >= 11 is 1.60. The van der Waals surface area contributed by atoms with E-state index in [-0.39, 0.29) is 31.0 Å². The van der Waals surface area contributed by atoms with Crippen LogP contribution in [-0.2, 0) is 0 Å². The van der Waals surface area contributed by atoms with Crippen LogP contribution < -0.4 is 29.6 Å². The molecule has 2 nitrogen and oxygen atoms in total. The molecule has 0 amide bonds. The molecule has 60 valence electrons. The van der Waals surface area contributed by atoms with E-state index in [9.17, 15) is 4.79 Å². The van der Waals surface area contributed by atoms with Crippen molar-refractivity contribution in [3.05, 3.63) is 29.8 Å². The Balaban J connectivity index is 0. The van der Waals surface area contributed by atoms with Gasteiger partial charge in [0, 0.05) is 4.90 Å². The number of aromatic carboxylic acids is 1. The Morgan fingerprint density at radius 1 is 1.42 bits per heavy atom. The molecule has 0 unspecified atom stereocenters. The molecular weight excluding hydrogens is 183 g/mol. The fourth-order valence-corrected chi connectivity index (χ4v) is 1.14. The first-order valence-electron chi connectivity index (χ1n) is 3.11. The molecule has 4 heteroatoms. The number of carbonyl (C=O) groups is 1. The van der Waals surface area contributed by atoms with E-state index < -0.39 is 5.97 Å². The van der Waals surface area contributed by atoms with Crippen LogP contribution in [0.3, 0.4) is 0 Å². The molecule has 12 heavy (non-hydrogen) atoms. The third kappa shape index (κ3) is 3.19. The second kappa shape index (κ2) is 5.65. The van der Waals surface area contributed by atoms with Crippen LogP contribution in [-0.4, -0.2) is 17.3 Å². The molecule has 0 fully saturated rings. The predicted octanol–water partition coefficient (Wildman–Crippen LogP) is -0.777. The Labute approximate surface area is 99.1 Å². The molecule has 1 aromatic carbocycles. The molecular formula is C8H9NaO2S. The average Bonchev–Trinajstić information content (AvgIpc) is 2.05. The number of benzene rings is 1. The van der Waals surface area contributed by atoms with E-state index in [0.29, 0.717) is 5.56 Å².